The maximum Gasteiger partial charge on any atom is 0.269 e. The molecular weight excluding hydrogens is 344 g/mol. The van der Waals surface area contributed by atoms with E-state index in [9.17, 15) is 4.79 Å². The number of carbonyl (C=O) groups excluding carboxylic acids is 1. The van der Waals surface area contributed by atoms with Gasteiger partial charge in [-0.05, 0) is 6.07 Å². The first-order valence-corrected chi connectivity index (χ1v) is 8.85. The van der Waals surface area contributed by atoms with Crippen LogP contribution < -0.4 is 15.5 Å². The molecule has 1 saturated heterocycles. The van der Waals surface area contributed by atoms with Crippen molar-refractivity contribution in [2.24, 2.45) is 0 Å². The van der Waals surface area contributed by atoms with Gasteiger partial charge >= 0.3 is 0 Å². The molecule has 3 N–H and O–H groups in total. The SMILES string of the molecule is CN(C)C(=O)c1cc2cnc(Nc3ncc(N4CCNCC4)cn3)cc2[nH]1. The van der Waals surface area contributed by atoms with E-state index in [0.717, 1.165) is 42.8 Å². The summed E-state index contributed by atoms with van der Waals surface area (Å²) in [6, 6.07) is 3.64. The molecule has 27 heavy (non-hydrogen) atoms. The van der Waals surface area contributed by atoms with Crippen molar-refractivity contribution < 1.29 is 4.79 Å². The molecule has 4 heterocycles. The zero-order valence-corrected chi connectivity index (χ0v) is 15.4. The number of H-pyrrole nitrogens is 1. The van der Waals surface area contributed by atoms with Crippen LogP contribution in [-0.2, 0) is 0 Å². The second kappa shape index (κ2) is 7.20. The first kappa shape index (κ1) is 17.2. The number of pyridine rings is 1. The Morgan fingerprint density at radius 3 is 2.56 bits per heavy atom. The Hall–Kier alpha value is -3.20. The number of hydrogen-bond acceptors (Lipinski definition) is 7. The first-order chi connectivity index (χ1) is 13.1. The average Bonchev–Trinajstić information content (AvgIpc) is 3.12. The third-order valence-electron chi connectivity index (χ3n) is 4.50. The van der Waals surface area contributed by atoms with E-state index in [1.807, 2.05) is 18.5 Å². The lowest BCUT2D eigenvalue weighted by atomic mass is 10.3. The van der Waals surface area contributed by atoms with Crippen LogP contribution in [-0.4, -0.2) is 71.0 Å². The summed E-state index contributed by atoms with van der Waals surface area (Å²) in [7, 11) is 3.45. The number of anilines is 3. The van der Waals surface area contributed by atoms with E-state index in [1.54, 1.807) is 26.4 Å². The van der Waals surface area contributed by atoms with Gasteiger partial charge in [0.15, 0.2) is 0 Å². The van der Waals surface area contributed by atoms with Crippen LogP contribution in [0.25, 0.3) is 10.9 Å². The molecule has 0 aliphatic carbocycles. The molecule has 9 nitrogen and oxygen atoms in total. The highest BCUT2D eigenvalue weighted by Gasteiger charge is 2.13. The van der Waals surface area contributed by atoms with Crippen LogP contribution in [0.3, 0.4) is 0 Å². The van der Waals surface area contributed by atoms with Gasteiger partial charge in [0.1, 0.15) is 11.5 Å². The van der Waals surface area contributed by atoms with E-state index in [-0.39, 0.29) is 5.91 Å². The molecular formula is C18H22N8O. The maximum absolute atomic E-state index is 12.1. The summed E-state index contributed by atoms with van der Waals surface area (Å²) < 4.78 is 0. The van der Waals surface area contributed by atoms with E-state index >= 15 is 0 Å². The maximum atomic E-state index is 12.1. The lowest BCUT2D eigenvalue weighted by Gasteiger charge is -2.28. The van der Waals surface area contributed by atoms with Crippen LogP contribution in [0.15, 0.2) is 30.7 Å². The first-order valence-electron chi connectivity index (χ1n) is 8.85. The largest absolute Gasteiger partial charge is 0.366 e. The number of rotatable bonds is 4. The van der Waals surface area contributed by atoms with Crippen molar-refractivity contribution in [2.45, 2.75) is 0 Å². The Labute approximate surface area is 156 Å². The number of hydrogen-bond donors (Lipinski definition) is 3. The fourth-order valence-corrected chi connectivity index (χ4v) is 3.04. The molecule has 0 atom stereocenters. The third kappa shape index (κ3) is 3.68. The summed E-state index contributed by atoms with van der Waals surface area (Å²) in [4.78, 5) is 32.2. The van der Waals surface area contributed by atoms with Crippen molar-refractivity contribution in [3.63, 3.8) is 0 Å². The Bertz CT molecular complexity index is 944. The van der Waals surface area contributed by atoms with E-state index in [4.69, 9.17) is 0 Å². The number of nitrogens with zero attached hydrogens (tertiary/aromatic N) is 5. The fraction of sp³-hybridized carbons (Fsp3) is 0.333. The molecule has 0 bridgehead atoms. The number of fused-ring (bicyclic) bond motifs is 1. The molecule has 3 aromatic rings. The molecule has 0 radical (unpaired) electrons. The highest BCUT2D eigenvalue weighted by molar-refractivity contribution is 5.98. The summed E-state index contributed by atoms with van der Waals surface area (Å²) in [5, 5.41) is 7.31. The lowest BCUT2D eigenvalue weighted by Crippen LogP contribution is -2.43. The zero-order chi connectivity index (χ0) is 18.8. The smallest absolute Gasteiger partial charge is 0.269 e. The summed E-state index contributed by atoms with van der Waals surface area (Å²) in [6.07, 6.45) is 5.36. The molecule has 3 aromatic heterocycles. The minimum Gasteiger partial charge on any atom is -0.366 e. The lowest BCUT2D eigenvalue weighted by molar-refractivity contribution is 0.0823. The number of aromatic amines is 1. The highest BCUT2D eigenvalue weighted by Crippen LogP contribution is 2.20. The van der Waals surface area contributed by atoms with E-state index in [1.165, 1.54) is 4.90 Å². The van der Waals surface area contributed by atoms with Crippen molar-refractivity contribution in [2.75, 3.05) is 50.5 Å². The van der Waals surface area contributed by atoms with Crippen LogP contribution in [0.1, 0.15) is 10.5 Å². The van der Waals surface area contributed by atoms with Gasteiger partial charge in [-0.1, -0.05) is 0 Å². The Morgan fingerprint density at radius 1 is 1.11 bits per heavy atom. The topological polar surface area (TPSA) is 102 Å². The number of carbonyl (C=O) groups is 1. The summed E-state index contributed by atoms with van der Waals surface area (Å²) in [5.74, 6) is 1.02. The van der Waals surface area contributed by atoms with Crippen molar-refractivity contribution in [3.8, 4) is 0 Å². The zero-order valence-electron chi connectivity index (χ0n) is 15.4. The summed E-state index contributed by atoms with van der Waals surface area (Å²) in [5.41, 5.74) is 2.38. The second-order valence-electron chi connectivity index (χ2n) is 6.67. The van der Waals surface area contributed by atoms with Gasteiger partial charge in [-0.25, -0.2) is 15.0 Å². The Balaban J connectivity index is 1.50. The molecule has 4 rings (SSSR count). The summed E-state index contributed by atoms with van der Waals surface area (Å²) >= 11 is 0. The monoisotopic (exact) mass is 366 g/mol. The van der Waals surface area contributed by atoms with Gasteiger partial charge in [0.05, 0.1) is 23.6 Å². The van der Waals surface area contributed by atoms with Gasteiger partial charge in [0.2, 0.25) is 5.95 Å². The number of piperazine rings is 1. The van der Waals surface area contributed by atoms with Crippen LogP contribution in [0.4, 0.5) is 17.5 Å². The fourth-order valence-electron chi connectivity index (χ4n) is 3.04. The van der Waals surface area contributed by atoms with E-state index in [2.05, 4.69) is 35.5 Å². The second-order valence-corrected chi connectivity index (χ2v) is 6.67. The Kier molecular flexibility index (Phi) is 4.59. The van der Waals surface area contributed by atoms with Crippen LogP contribution >= 0.6 is 0 Å². The minimum atomic E-state index is -0.0763. The minimum absolute atomic E-state index is 0.0763. The predicted molar refractivity (Wildman–Crippen MR) is 105 cm³/mol. The van der Waals surface area contributed by atoms with Crippen molar-refractivity contribution >= 4 is 34.3 Å². The van der Waals surface area contributed by atoms with Crippen LogP contribution in [0, 0.1) is 0 Å². The predicted octanol–water partition coefficient (Wildman–Crippen LogP) is 1.21. The highest BCUT2D eigenvalue weighted by atomic mass is 16.2. The molecule has 0 spiro atoms. The van der Waals surface area contributed by atoms with Crippen molar-refractivity contribution in [1.82, 2.24) is 30.2 Å². The van der Waals surface area contributed by atoms with Crippen molar-refractivity contribution in [1.29, 1.82) is 0 Å². The third-order valence-corrected chi connectivity index (χ3v) is 4.50. The molecule has 0 saturated carbocycles. The van der Waals surface area contributed by atoms with E-state index in [0.29, 0.717) is 17.5 Å². The van der Waals surface area contributed by atoms with E-state index < -0.39 is 0 Å². The molecule has 1 aliphatic heterocycles. The standard InChI is InChI=1S/C18H22N8O/c1-25(2)17(27)15-7-12-9-20-16(8-14(12)23-15)24-18-21-10-13(11-22-18)26-5-3-19-4-6-26/h7-11,19,23H,3-6H2,1-2H3,(H,20,21,22,24). The van der Waals surface area contributed by atoms with Gasteiger partial charge < -0.3 is 25.4 Å². The van der Waals surface area contributed by atoms with Gasteiger partial charge in [0.25, 0.3) is 5.91 Å². The molecule has 0 unspecified atom stereocenters. The number of amides is 1. The molecule has 1 amide bonds. The van der Waals surface area contributed by atoms with Crippen molar-refractivity contribution in [3.05, 3.63) is 36.4 Å². The van der Waals surface area contributed by atoms with Gasteiger partial charge in [-0.15, -0.1) is 0 Å². The molecule has 1 aliphatic rings. The van der Waals surface area contributed by atoms with Crippen LogP contribution in [0.5, 0.6) is 0 Å². The van der Waals surface area contributed by atoms with Gasteiger partial charge in [-0.3, -0.25) is 4.79 Å². The van der Waals surface area contributed by atoms with Gasteiger partial charge in [0, 0.05) is 57.9 Å². The molecule has 140 valence electrons. The number of nitrogens with one attached hydrogen (secondary N) is 3. The molecule has 9 heteroatoms. The normalized spacial score (nSPS) is 14.4. The Morgan fingerprint density at radius 2 is 1.85 bits per heavy atom. The molecule has 1 fully saturated rings. The quantitative estimate of drug-likeness (QED) is 0.638. The number of aromatic nitrogens is 4. The summed E-state index contributed by atoms with van der Waals surface area (Å²) in [6.45, 7) is 3.85. The average molecular weight is 366 g/mol. The van der Waals surface area contributed by atoms with Crippen LogP contribution in [0.2, 0.25) is 0 Å². The van der Waals surface area contributed by atoms with Gasteiger partial charge in [-0.2, -0.15) is 0 Å². The molecule has 0 aromatic carbocycles.